The molecule has 18 heavy (non-hydrogen) atoms. The van der Waals surface area contributed by atoms with Gasteiger partial charge in [-0.15, -0.1) is 10.2 Å². The van der Waals surface area contributed by atoms with Crippen molar-refractivity contribution in [2.75, 3.05) is 20.2 Å². The summed E-state index contributed by atoms with van der Waals surface area (Å²) in [6.45, 7) is 4.85. The summed E-state index contributed by atoms with van der Waals surface area (Å²) in [4.78, 5) is 0.858. The average Bonchev–Trinajstić information content (AvgIpc) is 2.93. The van der Waals surface area contributed by atoms with E-state index in [1.54, 1.807) is 18.4 Å². The van der Waals surface area contributed by atoms with Crippen LogP contribution < -0.4 is 5.32 Å². The Kier molecular flexibility index (Phi) is 3.04. The van der Waals surface area contributed by atoms with Gasteiger partial charge in [-0.25, -0.2) is 0 Å². The van der Waals surface area contributed by atoms with E-state index in [1.807, 2.05) is 4.52 Å². The standard InChI is InChI=1S/C11H17N5OS/c1-11(3-5-12-6-4-11)9-15-16-8(7-17-2)13-14-10(16)18-9/h12H,3-7H2,1-2H3. The van der Waals surface area contributed by atoms with Gasteiger partial charge in [0.2, 0.25) is 4.96 Å². The van der Waals surface area contributed by atoms with Crippen LogP contribution in [0.25, 0.3) is 4.96 Å². The third kappa shape index (κ3) is 1.92. The molecule has 1 N–H and O–H groups in total. The fraction of sp³-hybridized carbons (Fsp3) is 0.727. The minimum atomic E-state index is 0.168. The number of methoxy groups -OCH3 is 1. The second-order valence-corrected chi connectivity index (χ2v) is 5.92. The second-order valence-electron chi connectivity index (χ2n) is 4.96. The van der Waals surface area contributed by atoms with Gasteiger partial charge in [0.1, 0.15) is 11.6 Å². The molecular weight excluding hydrogens is 250 g/mol. The van der Waals surface area contributed by atoms with Crippen LogP contribution in [0, 0.1) is 0 Å². The largest absolute Gasteiger partial charge is 0.377 e. The smallest absolute Gasteiger partial charge is 0.234 e. The van der Waals surface area contributed by atoms with Crippen LogP contribution in [-0.4, -0.2) is 40.0 Å². The minimum Gasteiger partial charge on any atom is -0.377 e. The quantitative estimate of drug-likeness (QED) is 0.898. The first-order valence-corrected chi connectivity index (χ1v) is 6.96. The molecule has 6 nitrogen and oxygen atoms in total. The van der Waals surface area contributed by atoms with Crippen molar-refractivity contribution in [3.8, 4) is 0 Å². The molecule has 1 saturated heterocycles. The lowest BCUT2D eigenvalue weighted by molar-refractivity contribution is 0.175. The van der Waals surface area contributed by atoms with E-state index >= 15 is 0 Å². The molecule has 0 atom stereocenters. The van der Waals surface area contributed by atoms with Crippen LogP contribution in [0.1, 0.15) is 30.6 Å². The predicted octanol–water partition coefficient (Wildman–Crippen LogP) is 0.973. The van der Waals surface area contributed by atoms with E-state index < -0.39 is 0 Å². The van der Waals surface area contributed by atoms with Crippen LogP contribution in [-0.2, 0) is 16.8 Å². The number of nitrogens with one attached hydrogen (secondary N) is 1. The van der Waals surface area contributed by atoms with Crippen LogP contribution >= 0.6 is 11.3 Å². The Morgan fingerprint density at radius 2 is 2.17 bits per heavy atom. The van der Waals surface area contributed by atoms with Gasteiger partial charge in [-0.1, -0.05) is 18.3 Å². The Hall–Kier alpha value is -1.05. The molecule has 0 spiro atoms. The third-order valence-corrected chi connectivity index (χ3v) is 4.76. The highest BCUT2D eigenvalue weighted by Crippen LogP contribution is 2.35. The second kappa shape index (κ2) is 4.56. The molecule has 2 aromatic heterocycles. The summed E-state index contributed by atoms with van der Waals surface area (Å²) in [6.07, 6.45) is 2.24. The van der Waals surface area contributed by atoms with Gasteiger partial charge in [-0.3, -0.25) is 0 Å². The van der Waals surface area contributed by atoms with Gasteiger partial charge in [0.05, 0.1) is 0 Å². The number of hydrogen-bond donors (Lipinski definition) is 1. The Labute approximate surface area is 109 Å². The molecule has 1 aliphatic heterocycles. The molecule has 0 aliphatic carbocycles. The van der Waals surface area contributed by atoms with Gasteiger partial charge >= 0.3 is 0 Å². The first-order chi connectivity index (χ1) is 8.73. The molecule has 3 heterocycles. The third-order valence-electron chi connectivity index (χ3n) is 3.55. The monoisotopic (exact) mass is 267 g/mol. The molecular formula is C11H17N5OS. The molecule has 1 aliphatic rings. The minimum absolute atomic E-state index is 0.168. The van der Waals surface area contributed by atoms with Crippen LogP contribution in [0.5, 0.6) is 0 Å². The summed E-state index contributed by atoms with van der Waals surface area (Å²) in [6, 6.07) is 0. The van der Waals surface area contributed by atoms with Crippen molar-refractivity contribution < 1.29 is 4.74 Å². The summed E-state index contributed by atoms with van der Waals surface area (Å²) in [7, 11) is 1.66. The first kappa shape index (κ1) is 12.0. The average molecular weight is 267 g/mol. The van der Waals surface area contributed by atoms with E-state index in [0.29, 0.717) is 6.61 Å². The lowest BCUT2D eigenvalue weighted by Gasteiger charge is -2.31. The predicted molar refractivity (Wildman–Crippen MR) is 68.8 cm³/mol. The molecule has 7 heteroatoms. The summed E-state index contributed by atoms with van der Waals surface area (Å²) in [5.74, 6) is 0.771. The van der Waals surface area contributed by atoms with Crippen molar-refractivity contribution in [3.63, 3.8) is 0 Å². The Morgan fingerprint density at radius 3 is 2.89 bits per heavy atom. The number of nitrogens with zero attached hydrogens (tertiary/aromatic N) is 4. The number of hydrogen-bond acceptors (Lipinski definition) is 6. The molecule has 3 rings (SSSR count). The number of fused-ring (bicyclic) bond motifs is 1. The van der Waals surface area contributed by atoms with Crippen LogP contribution in [0.2, 0.25) is 0 Å². The lowest BCUT2D eigenvalue weighted by atomic mass is 9.82. The van der Waals surface area contributed by atoms with Gasteiger partial charge in [-0.2, -0.15) is 9.61 Å². The van der Waals surface area contributed by atoms with Crippen molar-refractivity contribution in [2.24, 2.45) is 0 Å². The van der Waals surface area contributed by atoms with Crippen molar-refractivity contribution in [3.05, 3.63) is 10.8 Å². The Morgan fingerprint density at radius 1 is 1.39 bits per heavy atom. The van der Waals surface area contributed by atoms with E-state index in [-0.39, 0.29) is 5.41 Å². The SMILES string of the molecule is COCc1nnc2sc(C3(C)CCNCC3)nn12. The van der Waals surface area contributed by atoms with E-state index in [4.69, 9.17) is 4.74 Å². The Balaban J connectivity index is 1.97. The fourth-order valence-electron chi connectivity index (χ4n) is 2.31. The van der Waals surface area contributed by atoms with E-state index in [0.717, 1.165) is 41.7 Å². The zero-order chi connectivity index (χ0) is 12.6. The molecule has 0 radical (unpaired) electrons. The highest BCUT2D eigenvalue weighted by atomic mass is 32.1. The Bertz CT molecular complexity index is 543. The number of rotatable bonds is 3. The molecule has 0 saturated carbocycles. The van der Waals surface area contributed by atoms with Crippen molar-refractivity contribution in [1.82, 2.24) is 25.1 Å². The zero-order valence-corrected chi connectivity index (χ0v) is 11.5. The van der Waals surface area contributed by atoms with Crippen LogP contribution in [0.3, 0.4) is 0 Å². The molecule has 98 valence electrons. The maximum absolute atomic E-state index is 5.11. The van der Waals surface area contributed by atoms with Gasteiger partial charge in [0.15, 0.2) is 5.82 Å². The summed E-state index contributed by atoms with van der Waals surface area (Å²) >= 11 is 1.64. The lowest BCUT2D eigenvalue weighted by Crippen LogP contribution is -2.37. The van der Waals surface area contributed by atoms with Crippen LogP contribution in [0.4, 0.5) is 0 Å². The van der Waals surface area contributed by atoms with Crippen molar-refractivity contribution in [1.29, 1.82) is 0 Å². The summed E-state index contributed by atoms with van der Waals surface area (Å²) < 4.78 is 6.92. The van der Waals surface area contributed by atoms with E-state index in [9.17, 15) is 0 Å². The van der Waals surface area contributed by atoms with Gasteiger partial charge in [0, 0.05) is 12.5 Å². The normalized spacial score (nSPS) is 19.4. The maximum Gasteiger partial charge on any atom is 0.234 e. The molecule has 2 aromatic rings. The fourth-order valence-corrected chi connectivity index (χ4v) is 3.37. The topological polar surface area (TPSA) is 64.3 Å². The molecule has 0 aromatic carbocycles. The molecule has 1 fully saturated rings. The van der Waals surface area contributed by atoms with E-state index in [2.05, 4.69) is 27.5 Å². The molecule has 0 bridgehead atoms. The summed E-state index contributed by atoms with van der Waals surface area (Å²) in [5, 5.41) is 17.5. The van der Waals surface area contributed by atoms with Gasteiger partial charge in [-0.05, 0) is 25.9 Å². The van der Waals surface area contributed by atoms with Gasteiger partial charge < -0.3 is 10.1 Å². The number of ether oxygens (including phenoxy) is 1. The number of aromatic nitrogens is 4. The van der Waals surface area contributed by atoms with Crippen molar-refractivity contribution >= 4 is 16.3 Å². The highest BCUT2D eigenvalue weighted by Gasteiger charge is 2.33. The number of piperidine rings is 1. The van der Waals surface area contributed by atoms with Crippen LogP contribution in [0.15, 0.2) is 0 Å². The maximum atomic E-state index is 5.11. The first-order valence-electron chi connectivity index (χ1n) is 6.14. The summed E-state index contributed by atoms with van der Waals surface area (Å²) in [5.41, 5.74) is 0.168. The van der Waals surface area contributed by atoms with Crippen molar-refractivity contribution in [2.45, 2.75) is 31.8 Å². The highest BCUT2D eigenvalue weighted by molar-refractivity contribution is 7.16. The zero-order valence-electron chi connectivity index (χ0n) is 10.6. The van der Waals surface area contributed by atoms with E-state index in [1.165, 1.54) is 0 Å². The molecule has 0 unspecified atom stereocenters. The van der Waals surface area contributed by atoms with Gasteiger partial charge in [0.25, 0.3) is 0 Å². The molecule has 0 amide bonds.